The van der Waals surface area contributed by atoms with E-state index in [1.54, 1.807) is 28.9 Å². The largest absolute Gasteiger partial charge is 0.484 e. The number of aromatic nitrogens is 4. The SMILES string of the molecule is CC(C)(C)c1cc(NC(=O)CSc2nnc(COc3ccc(Cl)cc3)o2)n(-c2ccccc2)n1. The molecule has 0 fully saturated rings. The number of carbonyl (C=O) groups excluding carboxylic acids is 1. The van der Waals surface area contributed by atoms with E-state index in [4.69, 9.17) is 25.9 Å². The lowest BCUT2D eigenvalue weighted by atomic mass is 9.92. The number of thioether (sulfide) groups is 1. The first-order valence-corrected chi connectivity index (χ1v) is 11.9. The Hall–Kier alpha value is -3.30. The van der Waals surface area contributed by atoms with Crippen LogP contribution in [0.3, 0.4) is 0 Å². The molecule has 0 radical (unpaired) electrons. The number of rotatable bonds is 8. The number of hydrogen-bond acceptors (Lipinski definition) is 7. The summed E-state index contributed by atoms with van der Waals surface area (Å²) < 4.78 is 12.9. The summed E-state index contributed by atoms with van der Waals surface area (Å²) in [5.74, 6) is 1.45. The monoisotopic (exact) mass is 497 g/mol. The topological polar surface area (TPSA) is 95.1 Å². The minimum absolute atomic E-state index is 0.102. The number of para-hydroxylation sites is 1. The van der Waals surface area contributed by atoms with Gasteiger partial charge in [0, 0.05) is 16.5 Å². The fraction of sp³-hybridized carbons (Fsp3) is 0.250. The quantitative estimate of drug-likeness (QED) is 0.320. The molecule has 0 saturated heterocycles. The molecule has 0 spiro atoms. The third-order valence-corrected chi connectivity index (χ3v) is 5.77. The third kappa shape index (κ3) is 6.18. The van der Waals surface area contributed by atoms with Gasteiger partial charge in [-0.15, -0.1) is 10.2 Å². The van der Waals surface area contributed by atoms with Crippen LogP contribution in [0.25, 0.3) is 5.69 Å². The minimum Gasteiger partial charge on any atom is -0.484 e. The van der Waals surface area contributed by atoms with Crippen LogP contribution in [0.15, 0.2) is 70.3 Å². The van der Waals surface area contributed by atoms with Gasteiger partial charge < -0.3 is 14.5 Å². The number of ether oxygens (including phenoxy) is 1. The van der Waals surface area contributed by atoms with Gasteiger partial charge in [0.25, 0.3) is 11.1 Å². The Kier molecular flexibility index (Phi) is 7.23. The molecule has 10 heteroatoms. The molecule has 2 aromatic carbocycles. The average molecular weight is 498 g/mol. The number of nitrogens with zero attached hydrogens (tertiary/aromatic N) is 4. The normalized spacial score (nSPS) is 11.4. The molecule has 0 aliphatic carbocycles. The molecular formula is C24H24ClN5O3S. The molecule has 4 aromatic rings. The molecule has 0 aliphatic rings. The second kappa shape index (κ2) is 10.3. The number of hydrogen-bond donors (Lipinski definition) is 1. The Bertz CT molecular complexity index is 1250. The Balaban J connectivity index is 1.36. The molecular weight excluding hydrogens is 474 g/mol. The lowest BCUT2D eigenvalue weighted by Crippen LogP contribution is -2.17. The van der Waals surface area contributed by atoms with Gasteiger partial charge in [-0.3, -0.25) is 4.79 Å². The lowest BCUT2D eigenvalue weighted by Gasteiger charge is -2.14. The number of carbonyl (C=O) groups is 1. The summed E-state index contributed by atoms with van der Waals surface area (Å²) in [6.07, 6.45) is 0. The Morgan fingerprint density at radius 2 is 1.85 bits per heavy atom. The first-order chi connectivity index (χ1) is 16.3. The summed E-state index contributed by atoms with van der Waals surface area (Å²) in [6.45, 7) is 6.36. The molecule has 2 aromatic heterocycles. The number of nitrogens with one attached hydrogen (secondary N) is 1. The highest BCUT2D eigenvalue weighted by atomic mass is 35.5. The first-order valence-electron chi connectivity index (χ1n) is 10.6. The molecule has 0 atom stereocenters. The maximum absolute atomic E-state index is 12.7. The summed E-state index contributed by atoms with van der Waals surface area (Å²) in [5, 5.41) is 16.5. The van der Waals surface area contributed by atoms with Crippen molar-refractivity contribution in [1.82, 2.24) is 20.0 Å². The smallest absolute Gasteiger partial charge is 0.277 e. The fourth-order valence-corrected chi connectivity index (χ4v) is 3.65. The van der Waals surface area contributed by atoms with E-state index in [-0.39, 0.29) is 28.9 Å². The molecule has 0 saturated carbocycles. The number of anilines is 1. The van der Waals surface area contributed by atoms with Gasteiger partial charge in [-0.1, -0.05) is 62.3 Å². The third-order valence-electron chi connectivity index (χ3n) is 4.70. The van der Waals surface area contributed by atoms with Gasteiger partial charge >= 0.3 is 0 Å². The van der Waals surface area contributed by atoms with Gasteiger partial charge in [-0.05, 0) is 36.4 Å². The van der Waals surface area contributed by atoms with Crippen molar-refractivity contribution in [2.75, 3.05) is 11.1 Å². The van der Waals surface area contributed by atoms with E-state index in [0.29, 0.717) is 22.5 Å². The molecule has 0 bridgehead atoms. The van der Waals surface area contributed by atoms with E-state index >= 15 is 0 Å². The Labute approximate surface area is 206 Å². The van der Waals surface area contributed by atoms with E-state index in [1.165, 1.54) is 0 Å². The Morgan fingerprint density at radius 1 is 1.12 bits per heavy atom. The van der Waals surface area contributed by atoms with E-state index in [9.17, 15) is 4.79 Å². The van der Waals surface area contributed by atoms with Crippen molar-refractivity contribution in [2.45, 2.75) is 38.0 Å². The molecule has 4 rings (SSSR count). The number of amides is 1. The van der Waals surface area contributed by atoms with Gasteiger partial charge in [0.1, 0.15) is 11.6 Å². The van der Waals surface area contributed by atoms with Gasteiger partial charge in [-0.2, -0.15) is 5.10 Å². The molecule has 1 N–H and O–H groups in total. The average Bonchev–Trinajstić information content (AvgIpc) is 3.45. The highest BCUT2D eigenvalue weighted by Gasteiger charge is 2.21. The lowest BCUT2D eigenvalue weighted by molar-refractivity contribution is -0.113. The van der Waals surface area contributed by atoms with Crippen LogP contribution in [0.4, 0.5) is 5.82 Å². The summed E-state index contributed by atoms with van der Waals surface area (Å²) in [6, 6.07) is 18.6. The second-order valence-electron chi connectivity index (χ2n) is 8.45. The zero-order chi connectivity index (χ0) is 24.1. The number of halogens is 1. The first kappa shape index (κ1) is 23.8. The predicted octanol–water partition coefficient (Wildman–Crippen LogP) is 5.52. The van der Waals surface area contributed by atoms with Crippen molar-refractivity contribution in [3.8, 4) is 11.4 Å². The molecule has 34 heavy (non-hydrogen) atoms. The van der Waals surface area contributed by atoms with Crippen LogP contribution < -0.4 is 10.1 Å². The van der Waals surface area contributed by atoms with Crippen molar-refractivity contribution in [2.24, 2.45) is 0 Å². The van der Waals surface area contributed by atoms with Gasteiger partial charge in [-0.25, -0.2) is 4.68 Å². The zero-order valence-electron chi connectivity index (χ0n) is 19.0. The maximum Gasteiger partial charge on any atom is 0.277 e. The summed E-state index contributed by atoms with van der Waals surface area (Å²) in [5.41, 5.74) is 1.58. The summed E-state index contributed by atoms with van der Waals surface area (Å²) in [4.78, 5) is 12.7. The standard InChI is InChI=1S/C24H24ClN5O3S/c1-24(2,3)19-13-20(30(29-19)17-7-5-4-6-8-17)26-21(31)15-34-23-28-27-22(33-23)14-32-18-11-9-16(25)10-12-18/h4-13H,14-15H2,1-3H3,(H,26,31). The molecule has 176 valence electrons. The van der Waals surface area contributed by atoms with Crippen LogP contribution in [-0.2, 0) is 16.8 Å². The van der Waals surface area contributed by atoms with Crippen LogP contribution in [0, 0.1) is 0 Å². The van der Waals surface area contributed by atoms with Crippen molar-refractivity contribution in [3.63, 3.8) is 0 Å². The van der Waals surface area contributed by atoms with Crippen molar-refractivity contribution < 1.29 is 13.9 Å². The molecule has 0 unspecified atom stereocenters. The van der Waals surface area contributed by atoms with Gasteiger partial charge in [0.2, 0.25) is 5.91 Å². The maximum atomic E-state index is 12.7. The van der Waals surface area contributed by atoms with Crippen molar-refractivity contribution >= 4 is 35.1 Å². The molecule has 2 heterocycles. The second-order valence-corrected chi connectivity index (χ2v) is 9.82. The summed E-state index contributed by atoms with van der Waals surface area (Å²) in [7, 11) is 0. The molecule has 0 aliphatic heterocycles. The van der Waals surface area contributed by atoms with E-state index in [1.807, 2.05) is 36.4 Å². The van der Waals surface area contributed by atoms with Gasteiger partial charge in [0.05, 0.1) is 17.1 Å². The minimum atomic E-state index is -0.209. The van der Waals surface area contributed by atoms with E-state index in [2.05, 4.69) is 36.3 Å². The van der Waals surface area contributed by atoms with Gasteiger partial charge in [0.15, 0.2) is 6.61 Å². The summed E-state index contributed by atoms with van der Waals surface area (Å²) >= 11 is 7.02. The van der Waals surface area contributed by atoms with Crippen LogP contribution >= 0.6 is 23.4 Å². The van der Waals surface area contributed by atoms with E-state index in [0.717, 1.165) is 23.1 Å². The zero-order valence-corrected chi connectivity index (χ0v) is 20.6. The van der Waals surface area contributed by atoms with Crippen LogP contribution in [0.1, 0.15) is 32.4 Å². The van der Waals surface area contributed by atoms with Crippen LogP contribution in [0.2, 0.25) is 5.02 Å². The van der Waals surface area contributed by atoms with Crippen LogP contribution in [0.5, 0.6) is 5.75 Å². The van der Waals surface area contributed by atoms with Crippen molar-refractivity contribution in [3.05, 3.63) is 77.3 Å². The predicted molar refractivity (Wildman–Crippen MR) is 132 cm³/mol. The molecule has 8 nitrogen and oxygen atoms in total. The van der Waals surface area contributed by atoms with E-state index < -0.39 is 0 Å². The number of benzene rings is 2. The highest BCUT2D eigenvalue weighted by molar-refractivity contribution is 7.99. The highest BCUT2D eigenvalue weighted by Crippen LogP contribution is 2.27. The Morgan fingerprint density at radius 3 is 2.56 bits per heavy atom. The van der Waals surface area contributed by atoms with Crippen LogP contribution in [-0.4, -0.2) is 31.6 Å². The fourth-order valence-electron chi connectivity index (χ4n) is 2.94. The van der Waals surface area contributed by atoms with Crippen molar-refractivity contribution in [1.29, 1.82) is 0 Å². The molecule has 1 amide bonds.